The quantitative estimate of drug-likeness (QED) is 0.906. The van der Waals surface area contributed by atoms with E-state index in [2.05, 4.69) is 5.10 Å². The zero-order valence-corrected chi connectivity index (χ0v) is 11.3. The maximum atomic E-state index is 12.2. The van der Waals surface area contributed by atoms with E-state index in [1.807, 2.05) is 16.9 Å². The van der Waals surface area contributed by atoms with E-state index in [0.717, 1.165) is 18.5 Å². The van der Waals surface area contributed by atoms with Crippen LogP contribution in [0.5, 0.6) is 0 Å². The van der Waals surface area contributed by atoms with E-state index in [4.69, 9.17) is 0 Å². The monoisotopic (exact) mass is 262 g/mol. The highest BCUT2D eigenvalue weighted by atomic mass is 16.3. The number of hydrogen-bond donors (Lipinski definition) is 1. The fraction of sp³-hybridized carbons (Fsp3) is 0.733. The molecule has 19 heavy (non-hydrogen) atoms. The van der Waals surface area contributed by atoms with Gasteiger partial charge in [0.2, 0.25) is 0 Å². The Kier molecular flexibility index (Phi) is 3.44. The first-order valence-corrected chi connectivity index (χ1v) is 7.47. The zero-order valence-electron chi connectivity index (χ0n) is 11.3. The summed E-state index contributed by atoms with van der Waals surface area (Å²) in [6, 6.07) is 2.44. The number of Topliss-reactive ketones (excluding diaryl/α,β-unsaturated/α-hetero) is 1. The fourth-order valence-corrected chi connectivity index (χ4v) is 3.41. The number of rotatable bonds is 4. The van der Waals surface area contributed by atoms with Gasteiger partial charge in [0.05, 0.1) is 18.2 Å². The van der Waals surface area contributed by atoms with Crippen LogP contribution in [-0.4, -0.2) is 26.3 Å². The molecule has 0 aliphatic heterocycles. The summed E-state index contributed by atoms with van der Waals surface area (Å²) in [7, 11) is 0. The van der Waals surface area contributed by atoms with Gasteiger partial charge in [0.25, 0.3) is 0 Å². The minimum absolute atomic E-state index is 0.0540. The van der Waals surface area contributed by atoms with Gasteiger partial charge in [-0.1, -0.05) is 12.8 Å². The molecule has 0 bridgehead atoms. The Morgan fingerprint density at radius 1 is 1.32 bits per heavy atom. The third kappa shape index (κ3) is 2.59. The molecular weight excluding hydrogens is 240 g/mol. The molecule has 0 amide bonds. The highest BCUT2D eigenvalue weighted by molar-refractivity contribution is 5.88. The highest BCUT2D eigenvalue weighted by Gasteiger charge is 2.38. The molecule has 2 aliphatic carbocycles. The average molecular weight is 262 g/mol. The van der Waals surface area contributed by atoms with Crippen LogP contribution in [-0.2, 0) is 11.2 Å². The van der Waals surface area contributed by atoms with Crippen LogP contribution in [0.15, 0.2) is 12.3 Å². The summed E-state index contributed by atoms with van der Waals surface area (Å²) in [6.45, 7) is 0. The largest absolute Gasteiger partial charge is 0.382 e. The van der Waals surface area contributed by atoms with Crippen LogP contribution >= 0.6 is 0 Å². The lowest BCUT2D eigenvalue weighted by Crippen LogP contribution is -2.36. The molecular formula is C15H22N2O2. The number of aliphatic hydroxyl groups is 1. The van der Waals surface area contributed by atoms with Gasteiger partial charge < -0.3 is 5.11 Å². The zero-order chi connectivity index (χ0) is 13.3. The highest BCUT2D eigenvalue weighted by Crippen LogP contribution is 2.32. The third-order valence-electron chi connectivity index (χ3n) is 4.65. The Hall–Kier alpha value is -1.16. The summed E-state index contributed by atoms with van der Waals surface area (Å²) < 4.78 is 2.01. The van der Waals surface area contributed by atoms with Gasteiger partial charge in [-0.3, -0.25) is 9.48 Å². The van der Waals surface area contributed by atoms with Gasteiger partial charge >= 0.3 is 0 Å². The normalized spacial score (nSPS) is 23.0. The Balaban J connectivity index is 1.65. The predicted octanol–water partition coefficient (Wildman–Crippen LogP) is 2.41. The SMILES string of the molecule is O=C(Cc1ccn(C2CCCC2)n1)C1(O)CCCC1. The molecule has 3 rings (SSSR count). The summed E-state index contributed by atoms with van der Waals surface area (Å²) in [6.07, 6.45) is 10.4. The standard InChI is InChI=1S/C15H22N2O2/c18-14(15(19)8-3-4-9-15)11-12-7-10-17(16-12)13-5-1-2-6-13/h7,10,13,19H,1-6,8-9,11H2. The van der Waals surface area contributed by atoms with E-state index >= 15 is 0 Å². The van der Waals surface area contributed by atoms with Crippen LogP contribution < -0.4 is 0 Å². The molecule has 104 valence electrons. The third-order valence-corrected chi connectivity index (χ3v) is 4.65. The topological polar surface area (TPSA) is 55.1 Å². The molecule has 4 nitrogen and oxygen atoms in total. The predicted molar refractivity (Wildman–Crippen MR) is 71.9 cm³/mol. The van der Waals surface area contributed by atoms with Crippen molar-refractivity contribution in [2.24, 2.45) is 0 Å². The number of aromatic nitrogens is 2. The second-order valence-electron chi connectivity index (χ2n) is 6.06. The van der Waals surface area contributed by atoms with Crippen LogP contribution in [0.2, 0.25) is 0 Å². The first-order chi connectivity index (χ1) is 9.17. The van der Waals surface area contributed by atoms with Crippen molar-refractivity contribution in [1.82, 2.24) is 9.78 Å². The minimum atomic E-state index is -1.07. The number of carbonyl (C=O) groups excluding carboxylic acids is 1. The molecule has 2 fully saturated rings. The van der Waals surface area contributed by atoms with Crippen molar-refractivity contribution < 1.29 is 9.90 Å². The van der Waals surface area contributed by atoms with Crippen LogP contribution in [0.25, 0.3) is 0 Å². The molecule has 0 radical (unpaired) electrons. The van der Waals surface area contributed by atoms with E-state index in [9.17, 15) is 9.90 Å². The van der Waals surface area contributed by atoms with Crippen molar-refractivity contribution in [3.8, 4) is 0 Å². The Morgan fingerprint density at radius 2 is 2.00 bits per heavy atom. The van der Waals surface area contributed by atoms with Gasteiger partial charge in [-0.25, -0.2) is 0 Å². The Bertz CT molecular complexity index is 454. The maximum Gasteiger partial charge on any atom is 0.170 e. The first-order valence-electron chi connectivity index (χ1n) is 7.47. The molecule has 1 heterocycles. The molecule has 0 aromatic carbocycles. The summed E-state index contributed by atoms with van der Waals surface area (Å²) in [5, 5.41) is 14.8. The van der Waals surface area contributed by atoms with Crippen molar-refractivity contribution in [2.45, 2.75) is 69.4 Å². The molecule has 1 aromatic rings. The summed E-state index contributed by atoms with van der Waals surface area (Å²) in [4.78, 5) is 12.2. The number of carbonyl (C=O) groups is 1. The number of nitrogens with zero attached hydrogens (tertiary/aromatic N) is 2. The second-order valence-corrected chi connectivity index (χ2v) is 6.06. The smallest absolute Gasteiger partial charge is 0.170 e. The lowest BCUT2D eigenvalue weighted by Gasteiger charge is -2.19. The molecule has 0 saturated heterocycles. The lowest BCUT2D eigenvalue weighted by molar-refractivity contribution is -0.136. The Labute approximate surface area is 113 Å². The second kappa shape index (κ2) is 5.08. The summed E-state index contributed by atoms with van der Waals surface area (Å²) >= 11 is 0. The van der Waals surface area contributed by atoms with Crippen molar-refractivity contribution in [2.75, 3.05) is 0 Å². The average Bonchev–Trinajstić information content (AvgIpc) is 3.08. The molecule has 2 saturated carbocycles. The molecule has 0 spiro atoms. The summed E-state index contributed by atoms with van der Waals surface area (Å²) in [5.74, 6) is -0.0540. The number of hydrogen-bond acceptors (Lipinski definition) is 3. The van der Waals surface area contributed by atoms with E-state index < -0.39 is 5.60 Å². The van der Waals surface area contributed by atoms with E-state index in [1.54, 1.807) is 0 Å². The van der Waals surface area contributed by atoms with E-state index in [0.29, 0.717) is 18.9 Å². The van der Waals surface area contributed by atoms with E-state index in [-0.39, 0.29) is 12.2 Å². The maximum absolute atomic E-state index is 12.2. The minimum Gasteiger partial charge on any atom is -0.382 e. The Morgan fingerprint density at radius 3 is 2.68 bits per heavy atom. The van der Waals surface area contributed by atoms with Crippen LogP contribution in [0.3, 0.4) is 0 Å². The van der Waals surface area contributed by atoms with Crippen molar-refractivity contribution in [3.05, 3.63) is 18.0 Å². The molecule has 1 N–H and O–H groups in total. The molecule has 0 unspecified atom stereocenters. The van der Waals surface area contributed by atoms with Gasteiger partial charge in [0, 0.05) is 6.20 Å². The first kappa shape index (κ1) is 12.9. The van der Waals surface area contributed by atoms with Gasteiger partial charge in [-0.05, 0) is 44.6 Å². The van der Waals surface area contributed by atoms with Crippen molar-refractivity contribution in [1.29, 1.82) is 0 Å². The van der Waals surface area contributed by atoms with Gasteiger partial charge in [0.15, 0.2) is 5.78 Å². The van der Waals surface area contributed by atoms with E-state index in [1.165, 1.54) is 25.7 Å². The fourth-order valence-electron chi connectivity index (χ4n) is 3.41. The van der Waals surface area contributed by atoms with Crippen molar-refractivity contribution in [3.63, 3.8) is 0 Å². The van der Waals surface area contributed by atoms with Crippen LogP contribution in [0.4, 0.5) is 0 Å². The molecule has 2 aliphatic rings. The molecule has 1 aromatic heterocycles. The summed E-state index contributed by atoms with van der Waals surface area (Å²) in [5.41, 5.74) is -0.269. The number of ketones is 1. The van der Waals surface area contributed by atoms with Crippen LogP contribution in [0, 0.1) is 0 Å². The molecule has 0 atom stereocenters. The van der Waals surface area contributed by atoms with Crippen LogP contribution in [0.1, 0.15) is 63.1 Å². The van der Waals surface area contributed by atoms with Crippen molar-refractivity contribution >= 4 is 5.78 Å². The van der Waals surface area contributed by atoms with Gasteiger partial charge in [-0.2, -0.15) is 5.10 Å². The lowest BCUT2D eigenvalue weighted by atomic mass is 9.93. The molecule has 4 heteroatoms. The van der Waals surface area contributed by atoms with Gasteiger partial charge in [-0.15, -0.1) is 0 Å². The van der Waals surface area contributed by atoms with Gasteiger partial charge in [0.1, 0.15) is 5.60 Å².